The first-order valence-electron chi connectivity index (χ1n) is 7.85. The van der Waals surface area contributed by atoms with Gasteiger partial charge in [-0.05, 0) is 50.2 Å². The Morgan fingerprint density at radius 1 is 1.45 bits per heavy atom. The summed E-state index contributed by atoms with van der Waals surface area (Å²) in [6, 6.07) is 2.09. The number of hydrogen-bond donors (Lipinski definition) is 1. The van der Waals surface area contributed by atoms with Crippen LogP contribution in [0.2, 0.25) is 0 Å². The lowest BCUT2D eigenvalue weighted by molar-refractivity contribution is 0.0422. The Kier molecular flexibility index (Phi) is 4.39. The summed E-state index contributed by atoms with van der Waals surface area (Å²) < 4.78 is 5.88. The minimum Gasteiger partial charge on any atom is -0.440 e. The van der Waals surface area contributed by atoms with E-state index in [0.717, 1.165) is 54.7 Å². The first-order chi connectivity index (χ1) is 10.5. The highest BCUT2D eigenvalue weighted by atomic mass is 32.1. The zero-order chi connectivity index (χ0) is 15.7. The summed E-state index contributed by atoms with van der Waals surface area (Å²) in [5.41, 5.74) is 2.25. The highest BCUT2D eigenvalue weighted by molar-refractivity contribution is 7.13. The Labute approximate surface area is 135 Å². The second-order valence-electron chi connectivity index (χ2n) is 6.74. The number of aliphatic hydroxyl groups is 1. The van der Waals surface area contributed by atoms with Gasteiger partial charge >= 0.3 is 0 Å². The minimum atomic E-state index is 0.0169. The van der Waals surface area contributed by atoms with E-state index in [1.54, 1.807) is 11.3 Å². The SMILES string of the molecule is Cc1ccsc1-c1nc(CN2CCC[C@](C)(CO)C2)c(C)o1. The Hall–Kier alpha value is -1.17. The molecule has 1 aliphatic heterocycles. The van der Waals surface area contributed by atoms with Crippen LogP contribution in [0.5, 0.6) is 0 Å². The standard InChI is InChI=1S/C17H24N2O2S/c1-12-5-8-22-15(12)16-18-14(13(2)21-16)9-19-7-4-6-17(3,10-19)11-20/h5,8,20H,4,6-7,9-11H2,1-3H3/t17-/m0/s1. The maximum absolute atomic E-state index is 9.59. The van der Waals surface area contributed by atoms with Crippen LogP contribution in [-0.4, -0.2) is 34.7 Å². The fourth-order valence-corrected chi connectivity index (χ4v) is 4.02. The molecular formula is C17H24N2O2S. The molecule has 3 heterocycles. The predicted molar refractivity (Wildman–Crippen MR) is 89.0 cm³/mol. The van der Waals surface area contributed by atoms with Crippen LogP contribution < -0.4 is 0 Å². The van der Waals surface area contributed by atoms with Crippen molar-refractivity contribution in [3.8, 4) is 10.8 Å². The minimum absolute atomic E-state index is 0.0169. The van der Waals surface area contributed by atoms with Crippen LogP contribution in [0.25, 0.3) is 10.8 Å². The van der Waals surface area contributed by atoms with Crippen LogP contribution in [-0.2, 0) is 6.54 Å². The van der Waals surface area contributed by atoms with Gasteiger partial charge in [-0.25, -0.2) is 4.98 Å². The molecule has 0 amide bonds. The molecule has 22 heavy (non-hydrogen) atoms. The molecule has 120 valence electrons. The van der Waals surface area contributed by atoms with E-state index in [1.807, 2.05) is 6.92 Å². The molecule has 0 spiro atoms. The van der Waals surface area contributed by atoms with Crippen molar-refractivity contribution >= 4 is 11.3 Å². The van der Waals surface area contributed by atoms with Gasteiger partial charge in [-0.1, -0.05) is 6.92 Å². The smallest absolute Gasteiger partial charge is 0.237 e. The lowest BCUT2D eigenvalue weighted by atomic mass is 9.83. The summed E-state index contributed by atoms with van der Waals surface area (Å²) >= 11 is 1.67. The molecule has 4 nitrogen and oxygen atoms in total. The summed E-state index contributed by atoms with van der Waals surface area (Å²) in [7, 11) is 0. The van der Waals surface area contributed by atoms with Gasteiger partial charge in [0.1, 0.15) is 5.76 Å². The summed E-state index contributed by atoms with van der Waals surface area (Å²) in [5, 5.41) is 11.7. The molecule has 2 aromatic heterocycles. The number of thiophene rings is 1. The van der Waals surface area contributed by atoms with Gasteiger partial charge in [-0.15, -0.1) is 11.3 Å². The number of hydrogen-bond acceptors (Lipinski definition) is 5. The van der Waals surface area contributed by atoms with Crippen LogP contribution in [0.15, 0.2) is 15.9 Å². The maximum atomic E-state index is 9.59. The van der Waals surface area contributed by atoms with E-state index in [9.17, 15) is 5.11 Å². The van der Waals surface area contributed by atoms with Gasteiger partial charge < -0.3 is 9.52 Å². The van der Waals surface area contributed by atoms with Crippen molar-refractivity contribution in [3.63, 3.8) is 0 Å². The van der Waals surface area contributed by atoms with E-state index < -0.39 is 0 Å². The van der Waals surface area contributed by atoms with E-state index in [-0.39, 0.29) is 12.0 Å². The molecule has 3 rings (SSSR count). The third kappa shape index (κ3) is 3.12. The molecule has 0 radical (unpaired) electrons. The molecule has 5 heteroatoms. The number of likely N-dealkylation sites (tertiary alicyclic amines) is 1. The first kappa shape index (κ1) is 15.7. The molecule has 1 saturated heterocycles. The fraction of sp³-hybridized carbons (Fsp3) is 0.588. The fourth-order valence-electron chi connectivity index (χ4n) is 3.17. The van der Waals surface area contributed by atoms with Crippen LogP contribution >= 0.6 is 11.3 Å². The second kappa shape index (κ2) is 6.14. The van der Waals surface area contributed by atoms with E-state index in [2.05, 4.69) is 30.2 Å². The van der Waals surface area contributed by atoms with Crippen LogP contribution in [0.3, 0.4) is 0 Å². The van der Waals surface area contributed by atoms with Crippen molar-refractivity contribution in [3.05, 3.63) is 28.5 Å². The van der Waals surface area contributed by atoms with Crippen LogP contribution in [0.1, 0.15) is 36.8 Å². The summed E-state index contributed by atoms with van der Waals surface area (Å²) in [6.07, 6.45) is 2.22. The Balaban J connectivity index is 1.76. The molecule has 1 atom stereocenters. The van der Waals surface area contributed by atoms with Crippen molar-refractivity contribution in [2.75, 3.05) is 19.7 Å². The van der Waals surface area contributed by atoms with Gasteiger partial charge in [0, 0.05) is 25.1 Å². The third-order valence-electron chi connectivity index (χ3n) is 4.56. The monoisotopic (exact) mass is 320 g/mol. The number of aryl methyl sites for hydroxylation is 2. The first-order valence-corrected chi connectivity index (χ1v) is 8.73. The zero-order valence-corrected chi connectivity index (χ0v) is 14.4. The highest BCUT2D eigenvalue weighted by Crippen LogP contribution is 2.32. The number of piperidine rings is 1. The number of aliphatic hydroxyl groups excluding tert-OH is 1. The quantitative estimate of drug-likeness (QED) is 0.935. The molecule has 0 unspecified atom stereocenters. The summed E-state index contributed by atoms with van der Waals surface area (Å²) in [6.45, 7) is 9.27. The zero-order valence-electron chi connectivity index (χ0n) is 13.6. The average molecular weight is 320 g/mol. The molecule has 0 aliphatic carbocycles. The van der Waals surface area contributed by atoms with Crippen molar-refractivity contribution in [1.82, 2.24) is 9.88 Å². The van der Waals surface area contributed by atoms with E-state index in [4.69, 9.17) is 9.40 Å². The van der Waals surface area contributed by atoms with Gasteiger partial charge in [0.05, 0.1) is 10.6 Å². The average Bonchev–Trinajstić information content (AvgIpc) is 3.06. The molecule has 1 N–H and O–H groups in total. The number of nitrogens with zero attached hydrogens (tertiary/aromatic N) is 2. The molecule has 1 aliphatic rings. The van der Waals surface area contributed by atoms with Crippen molar-refractivity contribution < 1.29 is 9.52 Å². The lowest BCUT2D eigenvalue weighted by Crippen LogP contribution is -2.43. The number of oxazole rings is 1. The van der Waals surface area contributed by atoms with E-state index >= 15 is 0 Å². The largest absolute Gasteiger partial charge is 0.440 e. The Morgan fingerprint density at radius 2 is 2.27 bits per heavy atom. The molecule has 0 bridgehead atoms. The Bertz CT molecular complexity index is 649. The second-order valence-corrected chi connectivity index (χ2v) is 7.65. The Morgan fingerprint density at radius 3 is 2.95 bits per heavy atom. The van der Waals surface area contributed by atoms with Crippen LogP contribution in [0, 0.1) is 19.3 Å². The molecular weight excluding hydrogens is 296 g/mol. The number of rotatable bonds is 4. The predicted octanol–water partition coefficient (Wildman–Crippen LogP) is 3.61. The van der Waals surface area contributed by atoms with Crippen molar-refractivity contribution in [1.29, 1.82) is 0 Å². The van der Waals surface area contributed by atoms with E-state index in [0.29, 0.717) is 0 Å². The number of aromatic nitrogens is 1. The van der Waals surface area contributed by atoms with Gasteiger partial charge in [0.15, 0.2) is 0 Å². The topological polar surface area (TPSA) is 49.5 Å². The van der Waals surface area contributed by atoms with Crippen molar-refractivity contribution in [2.45, 2.75) is 40.2 Å². The normalized spacial score (nSPS) is 23.1. The molecule has 0 saturated carbocycles. The van der Waals surface area contributed by atoms with Crippen molar-refractivity contribution in [2.24, 2.45) is 5.41 Å². The molecule has 1 fully saturated rings. The van der Waals surface area contributed by atoms with Gasteiger partial charge in [-0.3, -0.25) is 4.90 Å². The van der Waals surface area contributed by atoms with Gasteiger partial charge in [0.25, 0.3) is 0 Å². The molecule has 0 aromatic carbocycles. The van der Waals surface area contributed by atoms with Crippen LogP contribution in [0.4, 0.5) is 0 Å². The van der Waals surface area contributed by atoms with Gasteiger partial charge in [0.2, 0.25) is 5.89 Å². The summed E-state index contributed by atoms with van der Waals surface area (Å²) in [4.78, 5) is 8.22. The van der Waals surface area contributed by atoms with Gasteiger partial charge in [-0.2, -0.15) is 0 Å². The third-order valence-corrected chi connectivity index (χ3v) is 5.57. The maximum Gasteiger partial charge on any atom is 0.237 e. The summed E-state index contributed by atoms with van der Waals surface area (Å²) in [5.74, 6) is 1.64. The molecule has 2 aromatic rings. The lowest BCUT2D eigenvalue weighted by Gasteiger charge is -2.39. The highest BCUT2D eigenvalue weighted by Gasteiger charge is 2.31. The van der Waals surface area contributed by atoms with E-state index in [1.165, 1.54) is 5.56 Å².